The highest BCUT2D eigenvalue weighted by molar-refractivity contribution is 5.87. The van der Waals surface area contributed by atoms with Crippen LogP contribution in [0.2, 0.25) is 0 Å². The van der Waals surface area contributed by atoms with Crippen LogP contribution < -0.4 is 0 Å². The quantitative estimate of drug-likeness (QED) is 0.909. The lowest BCUT2D eigenvalue weighted by molar-refractivity contribution is -0.146. The topological polar surface area (TPSA) is 37.3 Å². The molecule has 2 aromatic carbocycles. The molecule has 20 heavy (non-hydrogen) atoms. The summed E-state index contributed by atoms with van der Waals surface area (Å²) < 4.78 is 0. The first-order valence-corrected chi connectivity index (χ1v) is 6.75. The molecule has 0 aliphatic heterocycles. The minimum atomic E-state index is -1.06. The number of carboxylic acids is 1. The van der Waals surface area contributed by atoms with Gasteiger partial charge < -0.3 is 5.11 Å². The van der Waals surface area contributed by atoms with Crippen molar-refractivity contribution >= 4 is 5.97 Å². The maximum atomic E-state index is 12.3. The highest BCUT2D eigenvalue weighted by Gasteiger charge is 2.51. The molecule has 0 atom stereocenters. The fourth-order valence-electron chi connectivity index (χ4n) is 2.98. The van der Waals surface area contributed by atoms with Gasteiger partial charge in [-0.25, -0.2) is 0 Å². The number of carboxylic acid groups (broad SMARTS) is 1. The third kappa shape index (κ3) is 2.11. The van der Waals surface area contributed by atoms with Crippen LogP contribution >= 0.6 is 0 Å². The van der Waals surface area contributed by atoms with E-state index in [0.29, 0.717) is 0 Å². The summed E-state index contributed by atoms with van der Waals surface area (Å²) in [4.78, 5) is 12.3. The van der Waals surface area contributed by atoms with Crippen molar-refractivity contribution in [3.63, 3.8) is 0 Å². The fourth-order valence-corrected chi connectivity index (χ4v) is 2.98. The van der Waals surface area contributed by atoms with E-state index in [1.807, 2.05) is 81.4 Å². The van der Waals surface area contributed by atoms with Crippen LogP contribution in [0.25, 0.3) is 0 Å². The fraction of sp³-hybridized carbons (Fsp3) is 0.278. The highest BCUT2D eigenvalue weighted by Crippen LogP contribution is 2.47. The Labute approximate surface area is 120 Å². The average molecular weight is 268 g/mol. The Morgan fingerprint density at radius 1 is 0.800 bits per heavy atom. The molecule has 0 radical (unpaired) electrons. The summed E-state index contributed by atoms with van der Waals surface area (Å²) in [6, 6.07) is 19.0. The Morgan fingerprint density at radius 3 is 1.40 bits per heavy atom. The predicted molar refractivity (Wildman–Crippen MR) is 80.8 cm³/mol. The van der Waals surface area contributed by atoms with E-state index < -0.39 is 16.8 Å². The van der Waals surface area contributed by atoms with Crippen molar-refractivity contribution in [3.8, 4) is 0 Å². The van der Waals surface area contributed by atoms with E-state index in [1.54, 1.807) is 0 Å². The van der Waals surface area contributed by atoms with Crippen LogP contribution in [0.15, 0.2) is 60.7 Å². The second-order valence-corrected chi connectivity index (χ2v) is 6.04. The molecular formula is C18H20O2. The summed E-state index contributed by atoms with van der Waals surface area (Å²) in [5, 5.41) is 10.1. The van der Waals surface area contributed by atoms with Gasteiger partial charge in [0.1, 0.15) is 5.41 Å². The Morgan fingerprint density at radius 2 is 1.15 bits per heavy atom. The van der Waals surface area contributed by atoms with Crippen molar-refractivity contribution in [1.29, 1.82) is 0 Å². The van der Waals surface area contributed by atoms with Crippen molar-refractivity contribution in [2.75, 3.05) is 0 Å². The van der Waals surface area contributed by atoms with Crippen LogP contribution in [-0.2, 0) is 10.2 Å². The van der Waals surface area contributed by atoms with Crippen LogP contribution in [-0.4, -0.2) is 11.1 Å². The first-order valence-electron chi connectivity index (χ1n) is 6.75. The zero-order chi connectivity index (χ0) is 14.8. The molecule has 0 heterocycles. The zero-order valence-electron chi connectivity index (χ0n) is 12.1. The van der Waals surface area contributed by atoms with Gasteiger partial charge >= 0.3 is 5.97 Å². The highest BCUT2D eigenvalue weighted by atomic mass is 16.4. The van der Waals surface area contributed by atoms with E-state index >= 15 is 0 Å². The molecule has 2 aromatic rings. The summed E-state index contributed by atoms with van der Waals surface area (Å²) in [5.74, 6) is -0.817. The molecular weight excluding hydrogens is 248 g/mol. The molecule has 0 saturated heterocycles. The van der Waals surface area contributed by atoms with Gasteiger partial charge in [0.2, 0.25) is 0 Å². The largest absolute Gasteiger partial charge is 0.480 e. The SMILES string of the molecule is CC(C)(C)C(C(=O)O)(c1ccccc1)c1ccccc1. The average Bonchev–Trinajstić information content (AvgIpc) is 2.40. The summed E-state index contributed by atoms with van der Waals surface area (Å²) in [5.41, 5.74) is 0.106. The van der Waals surface area contributed by atoms with Gasteiger partial charge in [0.15, 0.2) is 0 Å². The number of carbonyl (C=O) groups is 1. The standard InChI is InChI=1S/C18H20O2/c1-17(2,3)18(16(19)20,14-10-6-4-7-11-14)15-12-8-5-9-13-15/h4-13H,1-3H3,(H,19,20). The van der Waals surface area contributed by atoms with Crippen LogP contribution in [0.5, 0.6) is 0 Å². The number of benzene rings is 2. The van der Waals surface area contributed by atoms with Crippen LogP contribution in [0.3, 0.4) is 0 Å². The van der Waals surface area contributed by atoms with Crippen molar-refractivity contribution < 1.29 is 9.90 Å². The first kappa shape index (κ1) is 14.3. The molecule has 0 bridgehead atoms. The lowest BCUT2D eigenvalue weighted by Crippen LogP contribution is -2.48. The Bertz CT molecular complexity index is 540. The molecule has 2 heteroatoms. The van der Waals surface area contributed by atoms with E-state index in [9.17, 15) is 9.90 Å². The molecule has 0 aliphatic carbocycles. The molecule has 0 amide bonds. The number of hydrogen-bond acceptors (Lipinski definition) is 1. The maximum absolute atomic E-state index is 12.3. The first-order chi connectivity index (χ1) is 9.40. The molecule has 0 fully saturated rings. The molecule has 0 saturated carbocycles. The van der Waals surface area contributed by atoms with Crippen molar-refractivity contribution in [2.24, 2.45) is 5.41 Å². The molecule has 1 N–H and O–H groups in total. The summed E-state index contributed by atoms with van der Waals surface area (Å²) in [6.07, 6.45) is 0. The molecule has 2 rings (SSSR count). The zero-order valence-corrected chi connectivity index (χ0v) is 12.1. The van der Waals surface area contributed by atoms with Gasteiger partial charge in [-0.15, -0.1) is 0 Å². The van der Waals surface area contributed by atoms with E-state index in [2.05, 4.69) is 0 Å². The number of rotatable bonds is 3. The van der Waals surface area contributed by atoms with Gasteiger partial charge in [-0.2, -0.15) is 0 Å². The summed E-state index contributed by atoms with van der Waals surface area (Å²) in [7, 11) is 0. The molecule has 0 unspecified atom stereocenters. The van der Waals surface area contributed by atoms with Gasteiger partial charge in [-0.1, -0.05) is 81.4 Å². The Hall–Kier alpha value is -2.09. The van der Waals surface area contributed by atoms with Crippen molar-refractivity contribution in [1.82, 2.24) is 0 Å². The normalized spacial score (nSPS) is 12.2. The third-order valence-electron chi connectivity index (χ3n) is 3.86. The van der Waals surface area contributed by atoms with E-state index in [-0.39, 0.29) is 0 Å². The van der Waals surface area contributed by atoms with Gasteiger partial charge in [-0.05, 0) is 16.5 Å². The predicted octanol–water partition coefficient (Wildman–Crippen LogP) is 4.10. The molecule has 0 aliphatic rings. The van der Waals surface area contributed by atoms with Gasteiger partial charge in [-0.3, -0.25) is 4.79 Å². The van der Waals surface area contributed by atoms with Crippen molar-refractivity contribution in [2.45, 2.75) is 26.2 Å². The Kier molecular flexibility index (Phi) is 3.67. The smallest absolute Gasteiger partial charge is 0.319 e. The van der Waals surface area contributed by atoms with E-state index in [1.165, 1.54) is 0 Å². The van der Waals surface area contributed by atoms with Crippen molar-refractivity contribution in [3.05, 3.63) is 71.8 Å². The third-order valence-corrected chi connectivity index (χ3v) is 3.86. The second kappa shape index (κ2) is 5.12. The lowest BCUT2D eigenvalue weighted by Gasteiger charge is -2.42. The number of aliphatic carboxylic acids is 1. The minimum Gasteiger partial charge on any atom is -0.480 e. The lowest BCUT2D eigenvalue weighted by atomic mass is 9.59. The molecule has 0 spiro atoms. The molecule has 104 valence electrons. The summed E-state index contributed by atoms with van der Waals surface area (Å²) in [6.45, 7) is 5.92. The van der Waals surface area contributed by atoms with Crippen LogP contribution in [0.4, 0.5) is 0 Å². The Balaban J connectivity index is 2.81. The summed E-state index contributed by atoms with van der Waals surface area (Å²) >= 11 is 0. The minimum absolute atomic E-state index is 0.457. The van der Waals surface area contributed by atoms with E-state index in [0.717, 1.165) is 11.1 Å². The monoisotopic (exact) mass is 268 g/mol. The van der Waals surface area contributed by atoms with Crippen LogP contribution in [0, 0.1) is 5.41 Å². The molecule has 2 nitrogen and oxygen atoms in total. The van der Waals surface area contributed by atoms with Gasteiger partial charge in [0, 0.05) is 0 Å². The van der Waals surface area contributed by atoms with Gasteiger partial charge in [0.25, 0.3) is 0 Å². The van der Waals surface area contributed by atoms with E-state index in [4.69, 9.17) is 0 Å². The maximum Gasteiger partial charge on any atom is 0.319 e. The number of hydrogen-bond donors (Lipinski definition) is 1. The van der Waals surface area contributed by atoms with Gasteiger partial charge in [0.05, 0.1) is 0 Å². The van der Waals surface area contributed by atoms with Crippen LogP contribution in [0.1, 0.15) is 31.9 Å². The molecule has 0 aromatic heterocycles. The second-order valence-electron chi connectivity index (χ2n) is 6.04.